The Morgan fingerprint density at radius 1 is 1.21 bits per heavy atom. The Morgan fingerprint density at radius 2 is 1.94 bits per heavy atom. The summed E-state index contributed by atoms with van der Waals surface area (Å²) in [6, 6.07) is 5.18. The molecule has 1 aliphatic rings. The summed E-state index contributed by atoms with van der Waals surface area (Å²) in [7, 11) is 0. The second kappa shape index (κ2) is 11.5. The Balaban J connectivity index is 1.57. The standard InChI is InChI=1S/C24H33ClN4O4/c1-16(2)15-32-20-9-8-18(14-19(20)25)26-21(31)10-11-22-27-23(29-33-22)24(28-17(3)30)12-6-4-5-7-13-24/h8-9,14,16H,4-7,10-13,15H2,1-3H3,(H,26,31)(H,28,30). The third-order valence-corrected chi connectivity index (χ3v) is 5.92. The molecular formula is C24H33ClN4O4. The quantitative estimate of drug-likeness (QED) is 0.492. The Bertz CT molecular complexity index is 952. The SMILES string of the molecule is CC(=O)NC1(c2noc(CCC(=O)Nc3ccc(OCC(C)C)c(Cl)c3)n2)CCCCCC1. The summed E-state index contributed by atoms with van der Waals surface area (Å²) in [6.07, 6.45) is 6.29. The number of amides is 2. The zero-order valence-corrected chi connectivity index (χ0v) is 20.3. The number of hydrogen-bond donors (Lipinski definition) is 2. The maximum atomic E-state index is 12.4. The molecule has 1 saturated carbocycles. The lowest BCUT2D eigenvalue weighted by atomic mass is 9.89. The van der Waals surface area contributed by atoms with Gasteiger partial charge in [-0.05, 0) is 37.0 Å². The highest BCUT2D eigenvalue weighted by molar-refractivity contribution is 6.32. The maximum Gasteiger partial charge on any atom is 0.227 e. The molecule has 0 unspecified atom stereocenters. The van der Waals surface area contributed by atoms with Crippen LogP contribution in [0.25, 0.3) is 0 Å². The van der Waals surface area contributed by atoms with E-state index < -0.39 is 5.54 Å². The lowest BCUT2D eigenvalue weighted by molar-refractivity contribution is -0.121. The van der Waals surface area contributed by atoms with Gasteiger partial charge in [0.25, 0.3) is 0 Å². The summed E-state index contributed by atoms with van der Waals surface area (Å²) in [6.45, 7) is 6.20. The number of benzene rings is 1. The fourth-order valence-electron chi connectivity index (χ4n) is 4.02. The molecule has 0 aliphatic heterocycles. The van der Waals surface area contributed by atoms with Crippen LogP contribution in [0.3, 0.4) is 0 Å². The molecule has 1 aromatic carbocycles. The highest BCUT2D eigenvalue weighted by Crippen LogP contribution is 2.34. The smallest absolute Gasteiger partial charge is 0.227 e. The van der Waals surface area contributed by atoms with Gasteiger partial charge in [0.15, 0.2) is 5.82 Å². The van der Waals surface area contributed by atoms with Gasteiger partial charge < -0.3 is 19.9 Å². The second-order valence-electron chi connectivity index (χ2n) is 9.09. The van der Waals surface area contributed by atoms with Gasteiger partial charge in [-0.1, -0.05) is 56.3 Å². The molecule has 8 nitrogen and oxygen atoms in total. The molecular weight excluding hydrogens is 444 g/mol. The van der Waals surface area contributed by atoms with Crippen LogP contribution in [0, 0.1) is 5.92 Å². The maximum absolute atomic E-state index is 12.4. The van der Waals surface area contributed by atoms with E-state index in [1.54, 1.807) is 18.2 Å². The van der Waals surface area contributed by atoms with Crippen molar-refractivity contribution in [3.63, 3.8) is 0 Å². The molecule has 180 valence electrons. The Labute approximate surface area is 199 Å². The average molecular weight is 477 g/mol. The van der Waals surface area contributed by atoms with E-state index in [0.29, 0.717) is 47.1 Å². The molecule has 1 fully saturated rings. The summed E-state index contributed by atoms with van der Waals surface area (Å²) in [5, 5.41) is 10.5. The van der Waals surface area contributed by atoms with Crippen LogP contribution in [0.1, 0.15) is 77.4 Å². The van der Waals surface area contributed by atoms with Gasteiger partial charge in [-0.15, -0.1) is 0 Å². The second-order valence-corrected chi connectivity index (χ2v) is 9.49. The predicted octanol–water partition coefficient (Wildman–Crippen LogP) is 5.01. The number of hydrogen-bond acceptors (Lipinski definition) is 6. The molecule has 3 rings (SSSR count). The summed E-state index contributed by atoms with van der Waals surface area (Å²) in [5.41, 5.74) is -0.00108. The average Bonchev–Trinajstić information content (AvgIpc) is 3.11. The number of carbonyl (C=O) groups is 2. The number of aromatic nitrogens is 2. The predicted molar refractivity (Wildman–Crippen MR) is 126 cm³/mol. The molecule has 0 radical (unpaired) electrons. The lowest BCUT2D eigenvalue weighted by Gasteiger charge is -2.30. The molecule has 0 bridgehead atoms. The van der Waals surface area contributed by atoms with E-state index in [2.05, 4.69) is 34.6 Å². The first-order chi connectivity index (χ1) is 15.8. The summed E-state index contributed by atoms with van der Waals surface area (Å²) < 4.78 is 11.1. The van der Waals surface area contributed by atoms with Gasteiger partial charge >= 0.3 is 0 Å². The van der Waals surface area contributed by atoms with Crippen molar-refractivity contribution in [2.75, 3.05) is 11.9 Å². The first-order valence-corrected chi connectivity index (χ1v) is 12.0. The molecule has 0 atom stereocenters. The van der Waals surface area contributed by atoms with Crippen molar-refractivity contribution < 1.29 is 18.8 Å². The number of ether oxygens (including phenoxy) is 1. The number of halogens is 1. The third kappa shape index (κ3) is 7.19. The van der Waals surface area contributed by atoms with Crippen LogP contribution in [0.15, 0.2) is 22.7 Å². The zero-order valence-electron chi connectivity index (χ0n) is 19.6. The first kappa shape index (κ1) is 25.0. The van der Waals surface area contributed by atoms with Crippen LogP contribution in [0.5, 0.6) is 5.75 Å². The number of aryl methyl sites for hydroxylation is 1. The fraction of sp³-hybridized carbons (Fsp3) is 0.583. The van der Waals surface area contributed by atoms with Gasteiger partial charge in [0.05, 0.1) is 11.6 Å². The van der Waals surface area contributed by atoms with E-state index in [-0.39, 0.29) is 18.2 Å². The topological polar surface area (TPSA) is 106 Å². The Hall–Kier alpha value is -2.61. The Morgan fingerprint density at radius 3 is 2.58 bits per heavy atom. The van der Waals surface area contributed by atoms with E-state index in [4.69, 9.17) is 20.9 Å². The van der Waals surface area contributed by atoms with E-state index in [1.807, 2.05) is 0 Å². The van der Waals surface area contributed by atoms with Gasteiger partial charge in [0, 0.05) is 25.5 Å². The van der Waals surface area contributed by atoms with E-state index in [1.165, 1.54) is 6.92 Å². The molecule has 0 spiro atoms. The number of nitrogens with one attached hydrogen (secondary N) is 2. The van der Waals surface area contributed by atoms with Gasteiger partial charge in [0.1, 0.15) is 11.3 Å². The lowest BCUT2D eigenvalue weighted by Crippen LogP contribution is -2.45. The minimum absolute atomic E-state index is 0.109. The van der Waals surface area contributed by atoms with Crippen molar-refractivity contribution in [3.8, 4) is 5.75 Å². The van der Waals surface area contributed by atoms with Crippen LogP contribution in [0.4, 0.5) is 5.69 Å². The first-order valence-electron chi connectivity index (χ1n) is 11.6. The number of rotatable bonds is 9. The third-order valence-electron chi connectivity index (χ3n) is 5.62. The molecule has 33 heavy (non-hydrogen) atoms. The van der Waals surface area contributed by atoms with Gasteiger partial charge in [-0.2, -0.15) is 4.98 Å². The van der Waals surface area contributed by atoms with Crippen LogP contribution in [-0.2, 0) is 21.5 Å². The van der Waals surface area contributed by atoms with Crippen LogP contribution < -0.4 is 15.4 Å². The van der Waals surface area contributed by atoms with Crippen LogP contribution >= 0.6 is 11.6 Å². The van der Waals surface area contributed by atoms with Gasteiger partial charge in [0.2, 0.25) is 17.7 Å². The molecule has 1 aliphatic carbocycles. The molecule has 2 N–H and O–H groups in total. The highest BCUT2D eigenvalue weighted by atomic mass is 35.5. The van der Waals surface area contributed by atoms with Crippen molar-refractivity contribution in [2.24, 2.45) is 5.92 Å². The summed E-state index contributed by atoms with van der Waals surface area (Å²) in [4.78, 5) is 28.8. The van der Waals surface area contributed by atoms with Crippen molar-refractivity contribution in [1.29, 1.82) is 0 Å². The molecule has 2 aromatic rings. The minimum Gasteiger partial charge on any atom is -0.492 e. The van der Waals surface area contributed by atoms with E-state index >= 15 is 0 Å². The normalized spacial score (nSPS) is 15.7. The van der Waals surface area contributed by atoms with Gasteiger partial charge in [-0.25, -0.2) is 0 Å². The van der Waals surface area contributed by atoms with Gasteiger partial charge in [-0.3, -0.25) is 9.59 Å². The van der Waals surface area contributed by atoms with E-state index in [0.717, 1.165) is 38.5 Å². The van der Waals surface area contributed by atoms with Crippen molar-refractivity contribution >= 4 is 29.1 Å². The number of carbonyl (C=O) groups excluding carboxylic acids is 2. The molecule has 1 heterocycles. The van der Waals surface area contributed by atoms with Crippen LogP contribution in [0.2, 0.25) is 5.02 Å². The van der Waals surface area contributed by atoms with Crippen LogP contribution in [-0.4, -0.2) is 28.6 Å². The monoisotopic (exact) mass is 476 g/mol. The molecule has 9 heteroatoms. The molecule has 2 amide bonds. The highest BCUT2D eigenvalue weighted by Gasteiger charge is 2.38. The summed E-state index contributed by atoms with van der Waals surface area (Å²) in [5.74, 6) is 1.56. The summed E-state index contributed by atoms with van der Waals surface area (Å²) >= 11 is 6.27. The Kier molecular flexibility index (Phi) is 8.72. The number of anilines is 1. The molecule has 1 aromatic heterocycles. The van der Waals surface area contributed by atoms with Crippen molar-refractivity contribution in [2.45, 2.75) is 77.7 Å². The largest absolute Gasteiger partial charge is 0.492 e. The number of nitrogens with zero attached hydrogens (tertiary/aromatic N) is 2. The molecule has 0 saturated heterocycles. The van der Waals surface area contributed by atoms with Crippen molar-refractivity contribution in [1.82, 2.24) is 15.5 Å². The van der Waals surface area contributed by atoms with Crippen molar-refractivity contribution in [3.05, 3.63) is 34.9 Å². The van der Waals surface area contributed by atoms with E-state index in [9.17, 15) is 9.59 Å². The zero-order chi connectivity index (χ0) is 23.8. The minimum atomic E-state index is -0.595. The fourth-order valence-corrected chi connectivity index (χ4v) is 4.26.